The zero-order valence-corrected chi connectivity index (χ0v) is 17.8. The van der Waals surface area contributed by atoms with E-state index in [1.165, 1.54) is 0 Å². The number of anilines is 1. The van der Waals surface area contributed by atoms with Crippen molar-refractivity contribution in [3.05, 3.63) is 57.8 Å². The van der Waals surface area contributed by atoms with Gasteiger partial charge in [-0.2, -0.15) is 0 Å². The number of benzene rings is 2. The summed E-state index contributed by atoms with van der Waals surface area (Å²) in [5.41, 5.74) is 3.50. The van der Waals surface area contributed by atoms with Gasteiger partial charge in [0.1, 0.15) is 11.4 Å². The third-order valence-electron chi connectivity index (χ3n) is 5.66. The summed E-state index contributed by atoms with van der Waals surface area (Å²) >= 11 is 6.17. The van der Waals surface area contributed by atoms with Gasteiger partial charge in [0.25, 0.3) is 5.56 Å². The van der Waals surface area contributed by atoms with Crippen molar-refractivity contribution in [1.29, 1.82) is 0 Å². The van der Waals surface area contributed by atoms with Crippen LogP contribution in [0.25, 0.3) is 33.3 Å². The fraction of sp³-hybridized carbons (Fsp3) is 0.304. The first kappa shape index (κ1) is 20.1. The first-order chi connectivity index (χ1) is 15.2. The molecule has 1 saturated heterocycles. The molecule has 1 fully saturated rings. The van der Waals surface area contributed by atoms with E-state index in [1.807, 2.05) is 36.4 Å². The number of fused-ring (bicyclic) bond motifs is 2. The summed E-state index contributed by atoms with van der Waals surface area (Å²) in [5.74, 6) is 0.551. The van der Waals surface area contributed by atoms with E-state index in [-0.39, 0.29) is 5.56 Å². The van der Waals surface area contributed by atoms with Gasteiger partial charge in [0.15, 0.2) is 0 Å². The van der Waals surface area contributed by atoms with E-state index in [0.717, 1.165) is 67.9 Å². The summed E-state index contributed by atoms with van der Waals surface area (Å²) in [7, 11) is 0. The highest BCUT2D eigenvalue weighted by Crippen LogP contribution is 2.32. The van der Waals surface area contributed by atoms with Crippen molar-refractivity contribution in [2.45, 2.75) is 6.42 Å². The van der Waals surface area contributed by atoms with Crippen LogP contribution in [0.5, 0.6) is 0 Å². The molecule has 8 heteroatoms. The van der Waals surface area contributed by atoms with Gasteiger partial charge in [-0.25, -0.2) is 4.98 Å². The molecule has 4 aromatic rings. The average Bonchev–Trinajstić information content (AvgIpc) is 3.20. The van der Waals surface area contributed by atoms with Crippen LogP contribution >= 0.6 is 11.6 Å². The third-order valence-corrected chi connectivity index (χ3v) is 5.89. The van der Waals surface area contributed by atoms with Crippen molar-refractivity contribution >= 4 is 39.2 Å². The molecule has 0 radical (unpaired) electrons. The minimum Gasteiger partial charge on any atom is -0.384 e. The van der Waals surface area contributed by atoms with Crippen LogP contribution in [-0.4, -0.2) is 59.2 Å². The molecule has 3 heterocycles. The van der Waals surface area contributed by atoms with Gasteiger partial charge in [-0.15, -0.1) is 0 Å². The first-order valence-corrected chi connectivity index (χ1v) is 10.9. The predicted octanol–water partition coefficient (Wildman–Crippen LogP) is 3.86. The number of rotatable bonds is 6. The Balaban J connectivity index is 1.50. The number of para-hydroxylation sites is 2. The number of pyridine rings is 1. The Morgan fingerprint density at radius 3 is 2.77 bits per heavy atom. The van der Waals surface area contributed by atoms with Gasteiger partial charge in [0.05, 0.1) is 35.5 Å². The highest BCUT2D eigenvalue weighted by molar-refractivity contribution is 6.31. The molecule has 5 rings (SSSR count). The van der Waals surface area contributed by atoms with Crippen molar-refractivity contribution in [2.75, 3.05) is 44.7 Å². The monoisotopic (exact) mass is 437 g/mol. The van der Waals surface area contributed by atoms with E-state index in [1.54, 1.807) is 6.07 Å². The number of aromatic nitrogens is 3. The number of aromatic amines is 2. The number of ether oxygens (including phenoxy) is 1. The zero-order chi connectivity index (χ0) is 21.2. The molecule has 0 saturated carbocycles. The molecule has 0 spiro atoms. The Hall–Kier alpha value is -2.87. The highest BCUT2D eigenvalue weighted by atomic mass is 35.5. The SMILES string of the molecule is O=c1[nH]c2cc(Cl)ccc2c(NCCCN2CCOCC2)c1-c1nc2ccccc2[nH]1. The second-order valence-corrected chi connectivity index (χ2v) is 8.17. The second-order valence-electron chi connectivity index (χ2n) is 7.73. The molecular weight excluding hydrogens is 414 g/mol. The van der Waals surface area contributed by atoms with Crippen molar-refractivity contribution in [3.8, 4) is 11.4 Å². The Morgan fingerprint density at radius 1 is 1.10 bits per heavy atom. The van der Waals surface area contributed by atoms with Crippen molar-refractivity contribution in [1.82, 2.24) is 19.9 Å². The lowest BCUT2D eigenvalue weighted by Gasteiger charge is -2.26. The van der Waals surface area contributed by atoms with E-state index in [0.29, 0.717) is 21.9 Å². The number of nitrogens with zero attached hydrogens (tertiary/aromatic N) is 2. The highest BCUT2D eigenvalue weighted by Gasteiger charge is 2.18. The molecule has 0 bridgehead atoms. The van der Waals surface area contributed by atoms with E-state index < -0.39 is 0 Å². The Labute approximate surface area is 184 Å². The van der Waals surface area contributed by atoms with E-state index >= 15 is 0 Å². The van der Waals surface area contributed by atoms with Crippen LogP contribution in [0.1, 0.15) is 6.42 Å². The lowest BCUT2D eigenvalue weighted by atomic mass is 10.1. The van der Waals surface area contributed by atoms with Gasteiger partial charge < -0.3 is 20.0 Å². The number of nitrogens with one attached hydrogen (secondary N) is 3. The van der Waals surface area contributed by atoms with Crippen LogP contribution in [0.15, 0.2) is 47.3 Å². The summed E-state index contributed by atoms with van der Waals surface area (Å²) < 4.78 is 5.42. The average molecular weight is 438 g/mol. The van der Waals surface area contributed by atoms with Crippen LogP contribution < -0.4 is 10.9 Å². The van der Waals surface area contributed by atoms with Crippen molar-refractivity contribution in [2.24, 2.45) is 0 Å². The summed E-state index contributed by atoms with van der Waals surface area (Å²) in [6.07, 6.45) is 0.960. The number of H-pyrrole nitrogens is 2. The number of morpholine rings is 1. The maximum Gasteiger partial charge on any atom is 0.261 e. The summed E-state index contributed by atoms with van der Waals surface area (Å²) in [6, 6.07) is 13.3. The normalized spacial score (nSPS) is 15.0. The van der Waals surface area contributed by atoms with Crippen LogP contribution in [0.4, 0.5) is 5.69 Å². The maximum atomic E-state index is 13.1. The van der Waals surface area contributed by atoms with Crippen LogP contribution in [0.3, 0.4) is 0 Å². The molecule has 7 nitrogen and oxygen atoms in total. The summed E-state index contributed by atoms with van der Waals surface area (Å²) in [6.45, 7) is 5.26. The molecule has 0 atom stereocenters. The molecule has 0 amide bonds. The zero-order valence-electron chi connectivity index (χ0n) is 17.1. The molecule has 31 heavy (non-hydrogen) atoms. The van der Waals surface area contributed by atoms with Gasteiger partial charge >= 0.3 is 0 Å². The molecule has 0 aliphatic carbocycles. The summed E-state index contributed by atoms with van der Waals surface area (Å²) in [5, 5.41) is 5.01. The van der Waals surface area contributed by atoms with Crippen molar-refractivity contribution < 1.29 is 4.74 Å². The number of imidazole rings is 1. The van der Waals surface area contributed by atoms with Gasteiger partial charge in [-0.3, -0.25) is 9.69 Å². The molecule has 2 aromatic carbocycles. The largest absolute Gasteiger partial charge is 0.384 e. The smallest absolute Gasteiger partial charge is 0.261 e. The van der Waals surface area contributed by atoms with Crippen LogP contribution in [-0.2, 0) is 4.74 Å². The first-order valence-electron chi connectivity index (χ1n) is 10.5. The van der Waals surface area contributed by atoms with Gasteiger partial charge in [0, 0.05) is 30.0 Å². The number of hydrogen-bond acceptors (Lipinski definition) is 5. The lowest BCUT2D eigenvalue weighted by Crippen LogP contribution is -2.37. The number of halogens is 1. The topological polar surface area (TPSA) is 86.0 Å². The minimum absolute atomic E-state index is 0.204. The third kappa shape index (κ3) is 4.17. The number of hydrogen-bond donors (Lipinski definition) is 3. The second kappa shape index (κ2) is 8.70. The Bertz CT molecular complexity index is 1240. The molecule has 3 N–H and O–H groups in total. The standard InChI is InChI=1S/C23H24ClN5O2/c24-15-6-7-16-19(14-15)28-23(30)20(22-26-17-4-1-2-5-18(17)27-22)21(16)25-8-3-9-29-10-12-31-13-11-29/h1-2,4-7,14H,3,8-13H2,(H,26,27)(H2,25,28,30). The molecule has 160 valence electrons. The van der Waals surface area contributed by atoms with E-state index in [4.69, 9.17) is 16.3 Å². The van der Waals surface area contributed by atoms with Crippen LogP contribution in [0, 0.1) is 0 Å². The predicted molar refractivity (Wildman–Crippen MR) is 125 cm³/mol. The molecule has 2 aromatic heterocycles. The quantitative estimate of drug-likeness (QED) is 0.399. The van der Waals surface area contributed by atoms with Crippen molar-refractivity contribution in [3.63, 3.8) is 0 Å². The van der Waals surface area contributed by atoms with Crippen LogP contribution in [0.2, 0.25) is 5.02 Å². The Morgan fingerprint density at radius 2 is 1.94 bits per heavy atom. The Kier molecular flexibility index (Phi) is 5.63. The van der Waals surface area contributed by atoms with Gasteiger partial charge in [0.2, 0.25) is 0 Å². The fourth-order valence-electron chi connectivity index (χ4n) is 4.09. The molecule has 0 unspecified atom stereocenters. The summed E-state index contributed by atoms with van der Waals surface area (Å²) in [4.78, 5) is 26.4. The van der Waals surface area contributed by atoms with E-state index in [9.17, 15) is 4.79 Å². The molecule has 1 aliphatic heterocycles. The molecular formula is C23H24ClN5O2. The lowest BCUT2D eigenvalue weighted by molar-refractivity contribution is 0.0378. The minimum atomic E-state index is -0.204. The van der Waals surface area contributed by atoms with Gasteiger partial charge in [-0.1, -0.05) is 23.7 Å². The van der Waals surface area contributed by atoms with Gasteiger partial charge in [-0.05, 0) is 43.3 Å². The maximum absolute atomic E-state index is 13.1. The fourth-order valence-corrected chi connectivity index (χ4v) is 4.26. The molecule has 1 aliphatic rings. The van der Waals surface area contributed by atoms with E-state index in [2.05, 4.69) is 25.2 Å².